The Hall–Kier alpha value is -2.55. The molecule has 1 aromatic rings. The van der Waals surface area contributed by atoms with E-state index in [1.165, 1.54) is 18.3 Å². The Morgan fingerprint density at radius 1 is 1.43 bits per heavy atom. The lowest BCUT2D eigenvalue weighted by molar-refractivity contribution is -0.138. The number of carboxylic acid groups (broad SMARTS) is 1. The van der Waals surface area contributed by atoms with Gasteiger partial charge >= 0.3 is 5.97 Å². The Morgan fingerprint density at radius 3 is 2.86 bits per heavy atom. The second-order valence-corrected chi connectivity index (χ2v) is 5.28. The molecule has 1 aliphatic heterocycles. The maximum absolute atomic E-state index is 11.4. The van der Waals surface area contributed by atoms with Crippen LogP contribution in [0, 0.1) is 0 Å². The molecule has 0 radical (unpaired) electrons. The van der Waals surface area contributed by atoms with Crippen molar-refractivity contribution in [1.82, 2.24) is 5.32 Å². The fraction of sp³-hybridized carbons (Fsp3) is 0.167. The number of phenols is 2. The highest BCUT2D eigenvalue weighted by Gasteiger charge is 2.32. The van der Waals surface area contributed by atoms with E-state index in [1.807, 2.05) is 0 Å². The molecule has 0 saturated carbocycles. The predicted octanol–water partition coefficient (Wildman–Crippen LogP) is 0.494. The SMILES string of the molecule is O=C(O)CC1SC(=NN=Cc2ccc(O)cc2O)NC1=O. The predicted molar refractivity (Wildman–Crippen MR) is 76.6 cm³/mol. The van der Waals surface area contributed by atoms with Crippen molar-refractivity contribution in [3.05, 3.63) is 23.8 Å². The molecule has 2 rings (SSSR count). The van der Waals surface area contributed by atoms with Gasteiger partial charge in [0.25, 0.3) is 0 Å². The molecule has 1 atom stereocenters. The maximum atomic E-state index is 11.4. The molecule has 1 saturated heterocycles. The van der Waals surface area contributed by atoms with Crippen LogP contribution in [0.15, 0.2) is 28.4 Å². The number of amidine groups is 1. The van der Waals surface area contributed by atoms with Gasteiger partial charge in [-0.25, -0.2) is 0 Å². The summed E-state index contributed by atoms with van der Waals surface area (Å²) in [6.07, 6.45) is 0.955. The quantitative estimate of drug-likeness (QED) is 0.473. The highest BCUT2D eigenvalue weighted by Crippen LogP contribution is 2.23. The fourth-order valence-electron chi connectivity index (χ4n) is 1.53. The average Bonchev–Trinajstić information content (AvgIpc) is 2.72. The van der Waals surface area contributed by atoms with Crippen molar-refractivity contribution in [2.45, 2.75) is 11.7 Å². The summed E-state index contributed by atoms with van der Waals surface area (Å²) in [6, 6.07) is 3.98. The first-order chi connectivity index (χ1) is 9.95. The summed E-state index contributed by atoms with van der Waals surface area (Å²) in [7, 11) is 0. The van der Waals surface area contributed by atoms with Gasteiger partial charge in [-0.2, -0.15) is 5.10 Å². The van der Waals surface area contributed by atoms with E-state index in [1.54, 1.807) is 0 Å². The Morgan fingerprint density at radius 2 is 2.19 bits per heavy atom. The smallest absolute Gasteiger partial charge is 0.305 e. The van der Waals surface area contributed by atoms with Crippen LogP contribution in [0.3, 0.4) is 0 Å². The van der Waals surface area contributed by atoms with Gasteiger partial charge in [0.2, 0.25) is 5.91 Å². The van der Waals surface area contributed by atoms with E-state index in [4.69, 9.17) is 10.2 Å². The monoisotopic (exact) mass is 309 g/mol. The molecule has 0 spiro atoms. The minimum atomic E-state index is -1.07. The first-order valence-corrected chi connectivity index (χ1v) is 6.66. The molecule has 1 unspecified atom stereocenters. The lowest BCUT2D eigenvalue weighted by atomic mass is 10.2. The summed E-state index contributed by atoms with van der Waals surface area (Å²) in [4.78, 5) is 22.0. The van der Waals surface area contributed by atoms with Gasteiger partial charge in [0, 0.05) is 11.6 Å². The number of thioether (sulfide) groups is 1. The third-order valence-electron chi connectivity index (χ3n) is 2.50. The van der Waals surface area contributed by atoms with Crippen molar-refractivity contribution < 1.29 is 24.9 Å². The van der Waals surface area contributed by atoms with Gasteiger partial charge in [0.1, 0.15) is 16.7 Å². The van der Waals surface area contributed by atoms with E-state index in [0.717, 1.165) is 17.8 Å². The highest BCUT2D eigenvalue weighted by molar-refractivity contribution is 8.15. The van der Waals surface area contributed by atoms with Gasteiger partial charge < -0.3 is 20.6 Å². The molecule has 1 aliphatic rings. The van der Waals surface area contributed by atoms with Crippen LogP contribution in [0.1, 0.15) is 12.0 Å². The van der Waals surface area contributed by atoms with Crippen LogP contribution in [0.5, 0.6) is 11.5 Å². The van der Waals surface area contributed by atoms with Crippen LogP contribution < -0.4 is 5.32 Å². The number of aliphatic carboxylic acids is 1. The van der Waals surface area contributed by atoms with Gasteiger partial charge in [0.05, 0.1) is 12.6 Å². The number of benzene rings is 1. The lowest BCUT2D eigenvalue weighted by Crippen LogP contribution is -2.26. The lowest BCUT2D eigenvalue weighted by Gasteiger charge is -1.98. The van der Waals surface area contributed by atoms with Crippen molar-refractivity contribution in [2.24, 2.45) is 10.2 Å². The van der Waals surface area contributed by atoms with Crippen LogP contribution in [0.25, 0.3) is 0 Å². The van der Waals surface area contributed by atoms with E-state index >= 15 is 0 Å². The van der Waals surface area contributed by atoms with Crippen molar-refractivity contribution in [2.75, 3.05) is 0 Å². The number of carbonyl (C=O) groups excluding carboxylic acids is 1. The summed E-state index contributed by atoms with van der Waals surface area (Å²) in [5, 5.41) is 36.6. The number of phenolic OH excluding ortho intramolecular Hbond substituents is 2. The van der Waals surface area contributed by atoms with Crippen molar-refractivity contribution in [1.29, 1.82) is 0 Å². The number of amides is 1. The molecule has 8 nitrogen and oxygen atoms in total. The number of nitrogens with zero attached hydrogens (tertiary/aromatic N) is 2. The third-order valence-corrected chi connectivity index (χ3v) is 3.57. The number of carbonyl (C=O) groups is 2. The van der Waals surface area contributed by atoms with Crippen molar-refractivity contribution in [3.63, 3.8) is 0 Å². The minimum Gasteiger partial charge on any atom is -0.508 e. The van der Waals surface area contributed by atoms with Crippen LogP contribution >= 0.6 is 11.8 Å². The van der Waals surface area contributed by atoms with Crippen LogP contribution in [-0.4, -0.2) is 43.8 Å². The van der Waals surface area contributed by atoms with Gasteiger partial charge in [-0.1, -0.05) is 11.8 Å². The Balaban J connectivity index is 2.03. The first-order valence-electron chi connectivity index (χ1n) is 5.78. The van der Waals surface area contributed by atoms with E-state index < -0.39 is 17.1 Å². The molecule has 1 fully saturated rings. The molecule has 9 heteroatoms. The van der Waals surface area contributed by atoms with Crippen molar-refractivity contribution >= 4 is 35.0 Å². The summed E-state index contributed by atoms with van der Waals surface area (Å²) >= 11 is 0.981. The molecule has 21 heavy (non-hydrogen) atoms. The van der Waals surface area contributed by atoms with E-state index in [-0.39, 0.29) is 23.1 Å². The minimum absolute atomic E-state index is 0.0777. The van der Waals surface area contributed by atoms with Crippen molar-refractivity contribution in [3.8, 4) is 11.5 Å². The van der Waals surface area contributed by atoms with E-state index in [2.05, 4.69) is 15.5 Å². The summed E-state index contributed by atoms with van der Waals surface area (Å²) in [5.74, 6) is -1.73. The zero-order valence-corrected chi connectivity index (χ0v) is 11.4. The highest BCUT2D eigenvalue weighted by atomic mass is 32.2. The van der Waals surface area contributed by atoms with Gasteiger partial charge in [0.15, 0.2) is 5.17 Å². The molecular weight excluding hydrogens is 298 g/mol. The second-order valence-electron chi connectivity index (χ2n) is 4.09. The van der Waals surface area contributed by atoms with Gasteiger partial charge in [-0.15, -0.1) is 5.10 Å². The van der Waals surface area contributed by atoms with Gasteiger partial charge in [-0.3, -0.25) is 9.59 Å². The molecule has 1 heterocycles. The van der Waals surface area contributed by atoms with E-state index in [0.29, 0.717) is 5.56 Å². The van der Waals surface area contributed by atoms with E-state index in [9.17, 15) is 14.7 Å². The number of aromatic hydroxyl groups is 2. The molecule has 0 bridgehead atoms. The van der Waals surface area contributed by atoms with Gasteiger partial charge in [-0.05, 0) is 12.1 Å². The normalized spacial score (nSPS) is 20.1. The average molecular weight is 309 g/mol. The molecule has 1 aromatic carbocycles. The van der Waals surface area contributed by atoms with Crippen LogP contribution in [0.2, 0.25) is 0 Å². The topological polar surface area (TPSA) is 132 Å². The third kappa shape index (κ3) is 3.96. The molecule has 0 aromatic heterocycles. The number of carboxylic acids is 1. The summed E-state index contributed by atoms with van der Waals surface area (Å²) in [6.45, 7) is 0. The number of nitrogens with one attached hydrogen (secondary N) is 1. The molecular formula is C12H11N3O5S. The number of rotatable bonds is 4. The number of hydrogen-bond donors (Lipinski definition) is 4. The largest absolute Gasteiger partial charge is 0.508 e. The van der Waals surface area contributed by atoms with Crippen LogP contribution in [0.4, 0.5) is 0 Å². The van der Waals surface area contributed by atoms with Crippen LogP contribution in [-0.2, 0) is 9.59 Å². The number of hydrogen-bond acceptors (Lipinski definition) is 7. The summed E-state index contributed by atoms with van der Waals surface area (Å²) < 4.78 is 0. The summed E-state index contributed by atoms with van der Waals surface area (Å²) in [5.41, 5.74) is 0.341. The Labute approximate surface area is 123 Å². The molecule has 1 amide bonds. The molecule has 4 N–H and O–H groups in total. The Bertz CT molecular complexity index is 644. The zero-order valence-electron chi connectivity index (χ0n) is 10.6. The standard InChI is InChI=1S/C12H11N3O5S/c16-7-2-1-6(8(17)3-7)5-13-15-12-14-11(20)9(21-12)4-10(18)19/h1-3,5,9,16-17H,4H2,(H,18,19)(H,14,15,20). The zero-order chi connectivity index (χ0) is 15.4. The molecule has 0 aliphatic carbocycles. The fourth-order valence-corrected chi connectivity index (χ4v) is 2.45. The second kappa shape index (κ2) is 6.27. The first kappa shape index (κ1) is 14.9. The molecule has 110 valence electrons. The maximum Gasteiger partial charge on any atom is 0.305 e. The Kier molecular flexibility index (Phi) is 4.43.